The molecule has 5 heteroatoms. The van der Waals surface area contributed by atoms with Gasteiger partial charge in [-0.1, -0.05) is 64.2 Å². The number of unbranched alkanes of at least 4 members (excludes halogenated alkanes) is 11. The van der Waals surface area contributed by atoms with Crippen LogP contribution in [-0.2, 0) is 4.65 Å². The first-order valence-electron chi connectivity index (χ1n) is 7.81. The second-order valence-corrected chi connectivity index (χ2v) is 5.13. The van der Waals surface area contributed by atoms with Crippen molar-refractivity contribution in [3.05, 3.63) is 0 Å². The molecule has 0 aromatic heterocycles. The fraction of sp³-hybridized carbons (Fsp3) is 1.00. The third-order valence-electron chi connectivity index (χ3n) is 3.29. The molecule has 0 aliphatic carbocycles. The van der Waals surface area contributed by atoms with Crippen LogP contribution < -0.4 is 0 Å². The van der Waals surface area contributed by atoms with E-state index >= 15 is 0 Å². The Morgan fingerprint density at radius 2 is 1.00 bits per heavy atom. The number of alkyl halides is 1. The molecule has 0 amide bonds. The van der Waals surface area contributed by atoms with Crippen molar-refractivity contribution >= 4 is 7.32 Å². The Bertz CT molecular complexity index is 171. The van der Waals surface area contributed by atoms with Crippen LogP contribution in [0.3, 0.4) is 0 Å². The van der Waals surface area contributed by atoms with Crippen LogP contribution in [0.4, 0.5) is 4.39 Å². The summed E-state index contributed by atoms with van der Waals surface area (Å²) in [4.78, 5) is 0. The Balaban J connectivity index is 2.91. The van der Waals surface area contributed by atoms with E-state index in [9.17, 15) is 4.39 Å². The first-order valence-corrected chi connectivity index (χ1v) is 7.81. The molecule has 0 atom stereocenters. The highest BCUT2D eigenvalue weighted by Crippen LogP contribution is 2.12. The lowest BCUT2D eigenvalue weighted by molar-refractivity contribution is 0.182. The summed E-state index contributed by atoms with van der Waals surface area (Å²) in [6, 6.07) is 0. The molecule has 0 saturated heterocycles. The van der Waals surface area contributed by atoms with E-state index in [1.54, 1.807) is 0 Å². The smallest absolute Gasteiger partial charge is 0.402 e. The van der Waals surface area contributed by atoms with Crippen LogP contribution in [0.2, 0.25) is 0 Å². The van der Waals surface area contributed by atoms with Crippen LogP contribution in [-0.4, -0.2) is 30.7 Å². The van der Waals surface area contributed by atoms with E-state index in [1.165, 1.54) is 51.4 Å². The van der Waals surface area contributed by atoms with Crippen LogP contribution in [0.15, 0.2) is 0 Å². The summed E-state index contributed by atoms with van der Waals surface area (Å²) in [7, 11) is -1.62. The van der Waals surface area contributed by atoms with Gasteiger partial charge in [0.25, 0.3) is 0 Å². The maximum Gasteiger partial charge on any atom is 0.633 e. The molecule has 0 rings (SSSR count). The van der Waals surface area contributed by atoms with Gasteiger partial charge in [-0.05, 0) is 12.8 Å². The zero-order chi connectivity index (χ0) is 14.2. The first kappa shape index (κ1) is 18.9. The molecule has 0 saturated carbocycles. The summed E-state index contributed by atoms with van der Waals surface area (Å²) < 4.78 is 16.5. The van der Waals surface area contributed by atoms with E-state index in [2.05, 4.69) is 4.65 Å². The number of hydrogen-bond donors (Lipinski definition) is 2. The predicted molar refractivity (Wildman–Crippen MR) is 77.5 cm³/mol. The minimum Gasteiger partial charge on any atom is -0.402 e. The topological polar surface area (TPSA) is 49.7 Å². The molecule has 0 radical (unpaired) electrons. The molecule has 114 valence electrons. The van der Waals surface area contributed by atoms with Crippen molar-refractivity contribution in [2.24, 2.45) is 0 Å². The van der Waals surface area contributed by atoms with E-state index < -0.39 is 7.32 Å². The molecule has 3 nitrogen and oxygen atoms in total. The van der Waals surface area contributed by atoms with E-state index in [4.69, 9.17) is 10.0 Å². The van der Waals surface area contributed by atoms with E-state index in [-0.39, 0.29) is 6.67 Å². The van der Waals surface area contributed by atoms with Crippen molar-refractivity contribution in [1.82, 2.24) is 0 Å². The minimum absolute atomic E-state index is 0.164. The Labute approximate surface area is 117 Å². The monoisotopic (exact) mass is 276 g/mol. The van der Waals surface area contributed by atoms with Crippen molar-refractivity contribution in [2.75, 3.05) is 13.3 Å². The number of halogens is 1. The Kier molecular flexibility index (Phi) is 15.8. The van der Waals surface area contributed by atoms with Crippen LogP contribution in [0.5, 0.6) is 0 Å². The van der Waals surface area contributed by atoms with Crippen LogP contribution >= 0.6 is 0 Å². The largest absolute Gasteiger partial charge is 0.633 e. The highest BCUT2D eigenvalue weighted by atomic mass is 19.1. The fourth-order valence-corrected chi connectivity index (χ4v) is 2.15. The van der Waals surface area contributed by atoms with Gasteiger partial charge in [0, 0.05) is 6.61 Å². The average molecular weight is 276 g/mol. The number of hydrogen-bond acceptors (Lipinski definition) is 3. The third-order valence-corrected chi connectivity index (χ3v) is 3.29. The molecule has 0 aromatic carbocycles. The molecule has 0 spiro atoms. The molecule has 2 N–H and O–H groups in total. The summed E-state index contributed by atoms with van der Waals surface area (Å²) in [5, 5.41) is 16.9. The lowest BCUT2D eigenvalue weighted by atomic mass is 10.1. The molecular weight excluding hydrogens is 246 g/mol. The molecule has 0 aliphatic heterocycles. The van der Waals surface area contributed by atoms with Crippen molar-refractivity contribution in [3.63, 3.8) is 0 Å². The van der Waals surface area contributed by atoms with Gasteiger partial charge in [-0.15, -0.1) is 0 Å². The number of rotatable bonds is 15. The quantitative estimate of drug-likeness (QED) is 0.355. The lowest BCUT2D eigenvalue weighted by Crippen LogP contribution is -2.17. The van der Waals surface area contributed by atoms with Crippen LogP contribution in [0.1, 0.15) is 77.0 Å². The Hall–Kier alpha value is -0.125. The molecule has 0 aliphatic rings. The maximum absolute atomic E-state index is 11.8. The van der Waals surface area contributed by atoms with Crippen molar-refractivity contribution in [3.8, 4) is 0 Å². The van der Waals surface area contributed by atoms with Crippen LogP contribution in [0, 0.1) is 0 Å². The zero-order valence-electron chi connectivity index (χ0n) is 12.2. The van der Waals surface area contributed by atoms with Gasteiger partial charge < -0.3 is 14.7 Å². The summed E-state index contributed by atoms with van der Waals surface area (Å²) in [5.74, 6) is 0. The predicted octanol–water partition coefficient (Wildman–Crippen LogP) is 3.62. The molecule has 0 aromatic rings. The van der Waals surface area contributed by atoms with Gasteiger partial charge in [0.15, 0.2) is 0 Å². The second kappa shape index (κ2) is 15.9. The van der Waals surface area contributed by atoms with Crippen molar-refractivity contribution in [2.45, 2.75) is 77.0 Å². The van der Waals surface area contributed by atoms with Crippen molar-refractivity contribution in [1.29, 1.82) is 0 Å². The highest BCUT2D eigenvalue weighted by molar-refractivity contribution is 6.32. The van der Waals surface area contributed by atoms with E-state index in [1.807, 2.05) is 0 Å². The van der Waals surface area contributed by atoms with Gasteiger partial charge in [-0.3, -0.25) is 4.39 Å². The van der Waals surface area contributed by atoms with Gasteiger partial charge in [0.1, 0.15) is 0 Å². The molecule has 0 unspecified atom stereocenters. The summed E-state index contributed by atoms with van der Waals surface area (Å²) in [6.45, 7) is 0.263. The molecule has 0 bridgehead atoms. The van der Waals surface area contributed by atoms with Gasteiger partial charge in [-0.2, -0.15) is 0 Å². The average Bonchev–Trinajstić information content (AvgIpc) is 2.39. The fourth-order valence-electron chi connectivity index (χ4n) is 2.15. The standard InChI is InChI=1S/C14H30BFO3/c16-13-11-9-7-5-3-1-2-4-6-8-10-12-14-19-15(17)18/h17-18H,1-14H2. The maximum atomic E-state index is 11.8. The lowest BCUT2D eigenvalue weighted by Gasteiger charge is -2.03. The van der Waals surface area contributed by atoms with E-state index in [0.717, 1.165) is 25.7 Å². The summed E-state index contributed by atoms with van der Waals surface area (Å²) in [6.07, 6.45) is 13.8. The summed E-state index contributed by atoms with van der Waals surface area (Å²) >= 11 is 0. The van der Waals surface area contributed by atoms with Gasteiger partial charge >= 0.3 is 7.32 Å². The van der Waals surface area contributed by atoms with Crippen LogP contribution in [0.25, 0.3) is 0 Å². The van der Waals surface area contributed by atoms with Gasteiger partial charge in [0.05, 0.1) is 6.67 Å². The second-order valence-electron chi connectivity index (χ2n) is 5.13. The molecule has 0 fully saturated rings. The highest BCUT2D eigenvalue weighted by Gasteiger charge is 2.06. The molecule has 0 heterocycles. The SMILES string of the molecule is OB(O)OCCCCCCCCCCCCCCF. The minimum atomic E-state index is -1.62. The zero-order valence-corrected chi connectivity index (χ0v) is 12.2. The first-order chi connectivity index (χ1) is 9.27. The van der Waals surface area contributed by atoms with Gasteiger partial charge in [-0.25, -0.2) is 0 Å². The Morgan fingerprint density at radius 1 is 0.632 bits per heavy atom. The summed E-state index contributed by atoms with van der Waals surface area (Å²) in [5.41, 5.74) is 0. The third kappa shape index (κ3) is 17.9. The van der Waals surface area contributed by atoms with Crippen molar-refractivity contribution < 1.29 is 19.1 Å². The molecule has 19 heavy (non-hydrogen) atoms. The van der Waals surface area contributed by atoms with Gasteiger partial charge in [0.2, 0.25) is 0 Å². The molecular formula is C14H30BFO3. The van der Waals surface area contributed by atoms with E-state index in [0.29, 0.717) is 6.61 Å². The normalized spacial score (nSPS) is 10.9. The Morgan fingerprint density at radius 3 is 1.37 bits per heavy atom.